The minimum Gasteiger partial charge on any atom is -0.323 e. The Balaban J connectivity index is 2.09. The lowest BCUT2D eigenvalue weighted by Crippen LogP contribution is -2.47. The highest BCUT2D eigenvalue weighted by Gasteiger charge is 2.43. The average Bonchev–Trinajstić information content (AvgIpc) is 2.66. The summed E-state index contributed by atoms with van der Waals surface area (Å²) in [7, 11) is -0.670. The van der Waals surface area contributed by atoms with Crippen LogP contribution in [0.1, 0.15) is 53.4 Å². The van der Waals surface area contributed by atoms with E-state index in [4.69, 9.17) is 0 Å². The van der Waals surface area contributed by atoms with Crippen molar-refractivity contribution in [1.82, 2.24) is 10.2 Å². The lowest BCUT2D eigenvalue weighted by Gasteiger charge is -2.35. The Hall–Kier alpha value is -0.420. The summed E-state index contributed by atoms with van der Waals surface area (Å²) in [4.78, 5) is 14.9. The molecule has 0 radical (unpaired) electrons. The molecule has 2 unspecified atom stereocenters. The van der Waals surface area contributed by atoms with Crippen LogP contribution in [0.4, 0.5) is 0 Å². The number of hydrogen-bond acceptors (Lipinski definition) is 3. The second-order valence-corrected chi connectivity index (χ2v) is 9.02. The van der Waals surface area contributed by atoms with Gasteiger partial charge in [-0.05, 0) is 37.5 Å². The van der Waals surface area contributed by atoms with Gasteiger partial charge in [0, 0.05) is 28.3 Å². The summed E-state index contributed by atoms with van der Waals surface area (Å²) < 4.78 is 11.6. The quantitative estimate of drug-likeness (QED) is 0.845. The molecule has 122 valence electrons. The molecule has 1 N–H and O–H groups in total. The van der Waals surface area contributed by atoms with Gasteiger partial charge in [-0.3, -0.25) is 14.3 Å². The second kappa shape index (κ2) is 7.23. The molecule has 0 spiro atoms. The van der Waals surface area contributed by atoms with Gasteiger partial charge in [0.2, 0.25) is 5.91 Å². The van der Waals surface area contributed by atoms with Crippen molar-refractivity contribution >= 4 is 16.7 Å². The van der Waals surface area contributed by atoms with Crippen LogP contribution in [-0.2, 0) is 15.6 Å². The molecule has 0 aromatic heterocycles. The van der Waals surface area contributed by atoms with Crippen molar-refractivity contribution in [3.8, 4) is 0 Å². The van der Waals surface area contributed by atoms with Crippen LogP contribution < -0.4 is 5.32 Å². The zero-order chi connectivity index (χ0) is 15.6. The van der Waals surface area contributed by atoms with Crippen LogP contribution in [0.3, 0.4) is 0 Å². The Kier molecular flexibility index (Phi) is 5.83. The van der Waals surface area contributed by atoms with Gasteiger partial charge in [0.15, 0.2) is 0 Å². The first-order valence-corrected chi connectivity index (χ1v) is 9.80. The molecule has 0 bridgehead atoms. The fourth-order valence-electron chi connectivity index (χ4n) is 3.48. The minimum atomic E-state index is -0.670. The highest BCUT2D eigenvalue weighted by molar-refractivity contribution is 7.85. The van der Waals surface area contributed by atoms with E-state index in [1.807, 2.05) is 0 Å². The van der Waals surface area contributed by atoms with E-state index in [9.17, 15) is 9.00 Å². The largest absolute Gasteiger partial charge is 0.323 e. The van der Waals surface area contributed by atoms with Crippen molar-refractivity contribution in [1.29, 1.82) is 0 Å². The standard InChI is InChI=1S/C16H30N2O2S/c1-11(2)9-14-16(19)18(15(17-14)10-12(3)4)13-5-7-21(20)8-6-13/h11-15,17H,5-10H2,1-4H3. The van der Waals surface area contributed by atoms with Crippen LogP contribution in [-0.4, -0.2) is 44.8 Å². The highest BCUT2D eigenvalue weighted by Crippen LogP contribution is 2.27. The fourth-order valence-corrected chi connectivity index (χ4v) is 4.75. The van der Waals surface area contributed by atoms with Crippen LogP contribution >= 0.6 is 0 Å². The summed E-state index contributed by atoms with van der Waals surface area (Å²) in [5, 5.41) is 3.56. The van der Waals surface area contributed by atoms with Gasteiger partial charge < -0.3 is 4.90 Å². The third-order valence-corrected chi connectivity index (χ3v) is 5.82. The zero-order valence-corrected chi connectivity index (χ0v) is 14.6. The van der Waals surface area contributed by atoms with Gasteiger partial charge in [-0.2, -0.15) is 0 Å². The Morgan fingerprint density at radius 1 is 1.14 bits per heavy atom. The molecule has 2 aliphatic rings. The summed E-state index contributed by atoms with van der Waals surface area (Å²) in [6.45, 7) is 8.74. The Labute approximate surface area is 131 Å². The maximum Gasteiger partial charge on any atom is 0.241 e. The second-order valence-electron chi connectivity index (χ2n) is 7.32. The highest BCUT2D eigenvalue weighted by atomic mass is 32.2. The van der Waals surface area contributed by atoms with Crippen molar-refractivity contribution in [2.75, 3.05) is 11.5 Å². The van der Waals surface area contributed by atoms with Gasteiger partial charge in [-0.15, -0.1) is 0 Å². The third-order valence-electron chi connectivity index (χ3n) is 4.43. The van der Waals surface area contributed by atoms with E-state index in [1.165, 1.54) is 0 Å². The first-order chi connectivity index (χ1) is 9.88. The summed E-state index contributed by atoms with van der Waals surface area (Å²) in [6.07, 6.45) is 3.85. The smallest absolute Gasteiger partial charge is 0.241 e. The maximum atomic E-state index is 12.8. The number of amides is 1. The van der Waals surface area contributed by atoms with Crippen LogP contribution in [0.25, 0.3) is 0 Å². The molecule has 5 heteroatoms. The van der Waals surface area contributed by atoms with Crippen LogP contribution in [0.5, 0.6) is 0 Å². The molecule has 2 rings (SSSR count). The number of carbonyl (C=O) groups is 1. The number of nitrogens with zero attached hydrogens (tertiary/aromatic N) is 1. The van der Waals surface area contributed by atoms with Gasteiger partial charge in [-0.1, -0.05) is 27.7 Å². The van der Waals surface area contributed by atoms with Crippen molar-refractivity contribution < 1.29 is 9.00 Å². The minimum absolute atomic E-state index is 0.0267. The van der Waals surface area contributed by atoms with E-state index in [-0.39, 0.29) is 24.2 Å². The molecule has 2 heterocycles. The van der Waals surface area contributed by atoms with Crippen LogP contribution in [0.15, 0.2) is 0 Å². The van der Waals surface area contributed by atoms with E-state index in [0.29, 0.717) is 11.8 Å². The first-order valence-electron chi connectivity index (χ1n) is 8.31. The average molecular weight is 314 g/mol. The molecule has 2 aliphatic heterocycles. The molecule has 2 fully saturated rings. The van der Waals surface area contributed by atoms with Crippen molar-refractivity contribution in [2.24, 2.45) is 11.8 Å². The maximum absolute atomic E-state index is 12.8. The molecule has 0 aromatic rings. The molecule has 2 saturated heterocycles. The van der Waals surface area contributed by atoms with E-state index in [1.54, 1.807) is 0 Å². The van der Waals surface area contributed by atoms with E-state index < -0.39 is 10.8 Å². The monoisotopic (exact) mass is 314 g/mol. The number of rotatable bonds is 5. The van der Waals surface area contributed by atoms with Crippen molar-refractivity contribution in [3.05, 3.63) is 0 Å². The van der Waals surface area contributed by atoms with Gasteiger partial charge in [0.05, 0.1) is 12.2 Å². The fraction of sp³-hybridized carbons (Fsp3) is 0.938. The molecular formula is C16H30N2O2S. The van der Waals surface area contributed by atoms with Gasteiger partial charge in [-0.25, -0.2) is 0 Å². The summed E-state index contributed by atoms with van der Waals surface area (Å²) in [5.74, 6) is 2.85. The summed E-state index contributed by atoms with van der Waals surface area (Å²) in [5.41, 5.74) is 0. The molecule has 0 saturated carbocycles. The lowest BCUT2D eigenvalue weighted by atomic mass is 10.0. The molecule has 2 atom stereocenters. The number of hydrogen-bond donors (Lipinski definition) is 1. The van der Waals surface area contributed by atoms with Gasteiger partial charge in [0.25, 0.3) is 0 Å². The molecular weight excluding hydrogens is 284 g/mol. The SMILES string of the molecule is CC(C)CC1NC(CC(C)C)N(C2CCS(=O)CC2)C1=O. The molecule has 21 heavy (non-hydrogen) atoms. The summed E-state index contributed by atoms with van der Waals surface area (Å²) >= 11 is 0. The Morgan fingerprint density at radius 3 is 2.24 bits per heavy atom. The number of nitrogens with one attached hydrogen (secondary N) is 1. The van der Waals surface area contributed by atoms with Crippen LogP contribution in [0.2, 0.25) is 0 Å². The van der Waals surface area contributed by atoms with E-state index >= 15 is 0 Å². The third kappa shape index (κ3) is 4.28. The zero-order valence-electron chi connectivity index (χ0n) is 13.8. The predicted octanol–water partition coefficient (Wildman–Crippen LogP) is 2.12. The first kappa shape index (κ1) is 16.9. The molecule has 0 aliphatic carbocycles. The predicted molar refractivity (Wildman–Crippen MR) is 87.4 cm³/mol. The van der Waals surface area contributed by atoms with Gasteiger partial charge in [0.1, 0.15) is 0 Å². The normalized spacial score (nSPS) is 34.2. The van der Waals surface area contributed by atoms with Crippen LogP contribution in [0, 0.1) is 11.8 Å². The van der Waals surface area contributed by atoms with Gasteiger partial charge >= 0.3 is 0 Å². The van der Waals surface area contributed by atoms with Crippen molar-refractivity contribution in [3.63, 3.8) is 0 Å². The Bertz CT molecular complexity index is 388. The Morgan fingerprint density at radius 2 is 1.71 bits per heavy atom. The number of carbonyl (C=O) groups excluding carboxylic acids is 1. The van der Waals surface area contributed by atoms with E-state index in [2.05, 4.69) is 37.9 Å². The van der Waals surface area contributed by atoms with Crippen molar-refractivity contribution in [2.45, 2.75) is 71.6 Å². The molecule has 0 aromatic carbocycles. The summed E-state index contributed by atoms with van der Waals surface area (Å²) in [6, 6.07) is 0.254. The lowest BCUT2D eigenvalue weighted by molar-refractivity contribution is -0.132. The molecule has 4 nitrogen and oxygen atoms in total. The molecule has 1 amide bonds. The van der Waals surface area contributed by atoms with E-state index in [0.717, 1.165) is 37.2 Å². The topological polar surface area (TPSA) is 49.4 Å².